The van der Waals surface area contributed by atoms with Gasteiger partial charge in [-0.2, -0.15) is 0 Å². The van der Waals surface area contributed by atoms with Gasteiger partial charge in [-0.05, 0) is 90.4 Å². The van der Waals surface area contributed by atoms with Crippen molar-refractivity contribution in [3.8, 4) is 17.2 Å². The Bertz CT molecular complexity index is 1370. The number of benzene rings is 4. The highest BCUT2D eigenvalue weighted by molar-refractivity contribution is 5.62. The van der Waals surface area contributed by atoms with Gasteiger partial charge in [0.1, 0.15) is 17.2 Å². The molecule has 0 amide bonds. The summed E-state index contributed by atoms with van der Waals surface area (Å²) >= 11 is 0. The lowest BCUT2D eigenvalue weighted by Crippen LogP contribution is -2.26. The lowest BCUT2D eigenvalue weighted by molar-refractivity contribution is 0.465. The second-order valence-corrected chi connectivity index (χ2v) is 10.6. The highest BCUT2D eigenvalue weighted by Gasteiger charge is 2.33. The Morgan fingerprint density at radius 3 is 1.44 bits per heavy atom. The smallest absolute Gasteiger partial charge is 0.141 e. The van der Waals surface area contributed by atoms with Gasteiger partial charge < -0.3 is 21.1 Å². The number of hydrogen-bond donors (Lipinski definition) is 4. The number of phenols is 3. The van der Waals surface area contributed by atoms with Crippen LogP contribution in [0, 0.1) is 20.8 Å². The van der Waals surface area contributed by atoms with Crippen molar-refractivity contribution in [2.24, 2.45) is 0 Å². The van der Waals surface area contributed by atoms with Crippen LogP contribution < -0.4 is 5.73 Å². The standard InChI is InChI=1S/C32H35NO3/c1-19-15-25(16-20(2)29(19)35)31(4,5)22-7-9-23(10-8-22)32(6,24-11-13-27(34)14-12-24)26-17-21(3)30(36)28(33)18-26/h7-18,34-36H,33H2,1-6H3. The molecule has 0 aliphatic heterocycles. The van der Waals surface area contributed by atoms with Crippen molar-refractivity contribution >= 4 is 5.69 Å². The number of rotatable bonds is 5. The van der Waals surface area contributed by atoms with Gasteiger partial charge in [0.25, 0.3) is 0 Å². The number of anilines is 1. The third-order valence-corrected chi connectivity index (χ3v) is 7.75. The molecule has 4 aromatic rings. The molecule has 1 atom stereocenters. The average molecular weight is 482 g/mol. The van der Waals surface area contributed by atoms with Crippen molar-refractivity contribution in [2.75, 3.05) is 5.73 Å². The van der Waals surface area contributed by atoms with E-state index < -0.39 is 5.41 Å². The average Bonchev–Trinajstić information content (AvgIpc) is 2.85. The van der Waals surface area contributed by atoms with Gasteiger partial charge in [-0.3, -0.25) is 0 Å². The van der Waals surface area contributed by atoms with E-state index in [0.717, 1.165) is 38.9 Å². The van der Waals surface area contributed by atoms with Crippen LogP contribution in [0.4, 0.5) is 5.69 Å². The SMILES string of the molecule is Cc1cc(C(C)(C)c2ccc(C(C)(c3ccc(O)cc3)c3cc(C)c(O)c(N)c3)cc2)cc(C)c1O. The Kier molecular flexibility index (Phi) is 6.25. The normalized spacial score (nSPS) is 13.4. The van der Waals surface area contributed by atoms with Crippen molar-refractivity contribution in [2.45, 2.75) is 52.4 Å². The van der Waals surface area contributed by atoms with E-state index in [9.17, 15) is 15.3 Å². The molecule has 4 nitrogen and oxygen atoms in total. The number of nitrogen functional groups attached to an aromatic ring is 1. The zero-order valence-corrected chi connectivity index (χ0v) is 21.8. The molecule has 0 spiro atoms. The molecule has 36 heavy (non-hydrogen) atoms. The molecule has 0 radical (unpaired) electrons. The van der Waals surface area contributed by atoms with E-state index in [0.29, 0.717) is 17.0 Å². The number of nitrogens with two attached hydrogens (primary N) is 1. The zero-order valence-electron chi connectivity index (χ0n) is 21.8. The maximum absolute atomic E-state index is 10.3. The molecule has 4 aromatic carbocycles. The van der Waals surface area contributed by atoms with Crippen LogP contribution in [0.2, 0.25) is 0 Å². The third kappa shape index (κ3) is 4.17. The lowest BCUT2D eigenvalue weighted by Gasteiger charge is -2.34. The topological polar surface area (TPSA) is 86.7 Å². The fourth-order valence-electron chi connectivity index (χ4n) is 5.09. The first-order valence-electron chi connectivity index (χ1n) is 12.2. The number of phenolic OH excluding ortho intramolecular Hbond substituents is 3. The summed E-state index contributed by atoms with van der Waals surface area (Å²) in [5, 5.41) is 30.4. The van der Waals surface area contributed by atoms with E-state index in [1.807, 2.05) is 45.0 Å². The summed E-state index contributed by atoms with van der Waals surface area (Å²) in [6.07, 6.45) is 0. The summed E-state index contributed by atoms with van der Waals surface area (Å²) < 4.78 is 0. The summed E-state index contributed by atoms with van der Waals surface area (Å²) in [5.41, 5.74) is 13.4. The van der Waals surface area contributed by atoms with Gasteiger partial charge in [0.2, 0.25) is 0 Å². The summed E-state index contributed by atoms with van der Waals surface area (Å²) in [5.74, 6) is 0.653. The van der Waals surface area contributed by atoms with Crippen LogP contribution in [0.3, 0.4) is 0 Å². The number of hydrogen-bond acceptors (Lipinski definition) is 4. The molecule has 0 heterocycles. The molecule has 0 aliphatic carbocycles. The largest absolute Gasteiger partial charge is 0.508 e. The molecule has 5 N–H and O–H groups in total. The lowest BCUT2D eigenvalue weighted by atomic mass is 9.69. The highest BCUT2D eigenvalue weighted by Crippen LogP contribution is 2.43. The maximum atomic E-state index is 10.3. The van der Waals surface area contributed by atoms with Crippen LogP contribution in [0.5, 0.6) is 17.2 Å². The van der Waals surface area contributed by atoms with Gasteiger partial charge in [-0.15, -0.1) is 0 Å². The molecule has 0 bridgehead atoms. The second kappa shape index (κ2) is 8.94. The van der Waals surface area contributed by atoms with E-state index in [1.165, 1.54) is 0 Å². The van der Waals surface area contributed by atoms with Gasteiger partial charge in [-0.25, -0.2) is 0 Å². The molecule has 186 valence electrons. The maximum Gasteiger partial charge on any atom is 0.141 e. The summed E-state index contributed by atoms with van der Waals surface area (Å²) in [6, 6.07) is 23.7. The Hall–Kier alpha value is -3.92. The van der Waals surface area contributed by atoms with Crippen molar-refractivity contribution in [3.63, 3.8) is 0 Å². The minimum Gasteiger partial charge on any atom is -0.508 e. The molecule has 4 heteroatoms. The minimum absolute atomic E-state index is 0.100. The van der Waals surface area contributed by atoms with Gasteiger partial charge in [0, 0.05) is 10.8 Å². The van der Waals surface area contributed by atoms with Crippen LogP contribution in [0.1, 0.15) is 65.3 Å². The molecule has 1 unspecified atom stereocenters. The highest BCUT2D eigenvalue weighted by atomic mass is 16.3. The zero-order chi connectivity index (χ0) is 26.4. The number of aryl methyl sites for hydroxylation is 3. The minimum atomic E-state index is -0.575. The Balaban J connectivity index is 1.85. The van der Waals surface area contributed by atoms with E-state index in [-0.39, 0.29) is 16.9 Å². The monoisotopic (exact) mass is 481 g/mol. The van der Waals surface area contributed by atoms with Gasteiger partial charge in [0.15, 0.2) is 0 Å². The van der Waals surface area contributed by atoms with Crippen LogP contribution in [-0.2, 0) is 10.8 Å². The van der Waals surface area contributed by atoms with E-state index in [4.69, 9.17) is 5.73 Å². The second-order valence-electron chi connectivity index (χ2n) is 10.6. The predicted octanol–water partition coefficient (Wildman–Crippen LogP) is 6.99. The van der Waals surface area contributed by atoms with Crippen LogP contribution in [0.15, 0.2) is 72.8 Å². The van der Waals surface area contributed by atoms with Crippen molar-refractivity contribution in [1.29, 1.82) is 0 Å². The van der Waals surface area contributed by atoms with Gasteiger partial charge >= 0.3 is 0 Å². The van der Waals surface area contributed by atoms with Gasteiger partial charge in [0.05, 0.1) is 5.69 Å². The fourth-order valence-corrected chi connectivity index (χ4v) is 5.09. The van der Waals surface area contributed by atoms with Crippen molar-refractivity contribution in [3.05, 3.63) is 117 Å². The molecule has 4 rings (SSSR count). The molecule has 0 saturated heterocycles. The van der Waals surface area contributed by atoms with E-state index in [2.05, 4.69) is 57.2 Å². The van der Waals surface area contributed by atoms with E-state index in [1.54, 1.807) is 12.1 Å². The van der Waals surface area contributed by atoms with E-state index >= 15 is 0 Å². The molecule has 0 aromatic heterocycles. The predicted molar refractivity (Wildman–Crippen MR) is 147 cm³/mol. The first-order valence-corrected chi connectivity index (χ1v) is 12.2. The first kappa shape index (κ1) is 25.2. The molecule has 0 aliphatic rings. The number of aromatic hydroxyl groups is 3. The summed E-state index contributed by atoms with van der Waals surface area (Å²) in [7, 11) is 0. The molecule has 0 fully saturated rings. The Labute approximate surface area is 213 Å². The fraction of sp³-hybridized carbons (Fsp3) is 0.250. The van der Waals surface area contributed by atoms with Crippen molar-refractivity contribution in [1.82, 2.24) is 0 Å². The third-order valence-electron chi connectivity index (χ3n) is 7.75. The quantitative estimate of drug-likeness (QED) is 0.141. The van der Waals surface area contributed by atoms with Crippen LogP contribution >= 0.6 is 0 Å². The Morgan fingerprint density at radius 2 is 0.944 bits per heavy atom. The van der Waals surface area contributed by atoms with Crippen LogP contribution in [-0.4, -0.2) is 15.3 Å². The first-order chi connectivity index (χ1) is 16.9. The summed E-state index contributed by atoms with van der Waals surface area (Å²) in [6.45, 7) is 12.2. The van der Waals surface area contributed by atoms with Crippen LogP contribution in [0.25, 0.3) is 0 Å². The Morgan fingerprint density at radius 1 is 0.528 bits per heavy atom. The summed E-state index contributed by atoms with van der Waals surface area (Å²) in [4.78, 5) is 0. The van der Waals surface area contributed by atoms with Crippen molar-refractivity contribution < 1.29 is 15.3 Å². The molecule has 0 saturated carbocycles. The van der Waals surface area contributed by atoms with Gasteiger partial charge in [-0.1, -0.05) is 68.4 Å². The molecular weight excluding hydrogens is 446 g/mol. The molecular formula is C32H35NO3.